The van der Waals surface area contributed by atoms with Crippen LogP contribution in [0.5, 0.6) is 0 Å². The highest BCUT2D eigenvalue weighted by molar-refractivity contribution is 5.82. The number of hydrogen-bond donors (Lipinski definition) is 1. The van der Waals surface area contributed by atoms with Crippen LogP contribution in [-0.2, 0) is 11.2 Å². The fraction of sp³-hybridized carbons (Fsp3) is 0.562. The minimum absolute atomic E-state index is 0.0887. The van der Waals surface area contributed by atoms with Crippen molar-refractivity contribution in [3.63, 3.8) is 0 Å². The van der Waals surface area contributed by atoms with Crippen LogP contribution >= 0.6 is 0 Å². The molecule has 19 heavy (non-hydrogen) atoms. The van der Waals surface area contributed by atoms with Crippen molar-refractivity contribution in [2.75, 3.05) is 6.54 Å². The predicted molar refractivity (Wildman–Crippen MR) is 77.7 cm³/mol. The van der Waals surface area contributed by atoms with E-state index in [1.807, 2.05) is 35.2 Å². The zero-order chi connectivity index (χ0) is 13.8. The number of benzene rings is 1. The molecule has 0 radical (unpaired) electrons. The third-order valence-electron chi connectivity index (χ3n) is 3.67. The molecule has 2 N–H and O–H groups in total. The number of carbonyl (C=O) groups excluding carboxylic acids is 1. The molecule has 0 saturated heterocycles. The highest BCUT2D eigenvalue weighted by atomic mass is 16.2. The van der Waals surface area contributed by atoms with Crippen LogP contribution in [0.4, 0.5) is 0 Å². The van der Waals surface area contributed by atoms with E-state index in [1.165, 1.54) is 12.8 Å². The molecule has 0 unspecified atom stereocenters. The molecule has 1 aliphatic carbocycles. The van der Waals surface area contributed by atoms with Crippen molar-refractivity contribution in [1.29, 1.82) is 0 Å². The Morgan fingerprint density at radius 1 is 1.32 bits per heavy atom. The zero-order valence-electron chi connectivity index (χ0n) is 11.9. The number of amides is 1. The molecule has 1 aromatic carbocycles. The number of hydrogen-bond acceptors (Lipinski definition) is 2. The third-order valence-corrected chi connectivity index (χ3v) is 3.67. The van der Waals surface area contributed by atoms with Crippen LogP contribution in [-0.4, -0.2) is 29.4 Å². The monoisotopic (exact) mass is 260 g/mol. The number of carbonyl (C=O) groups is 1. The van der Waals surface area contributed by atoms with E-state index in [1.54, 1.807) is 0 Å². The Balaban J connectivity index is 1.95. The van der Waals surface area contributed by atoms with Crippen molar-refractivity contribution < 1.29 is 4.79 Å². The largest absolute Gasteiger partial charge is 0.339 e. The lowest BCUT2D eigenvalue weighted by Gasteiger charge is -2.29. The first kappa shape index (κ1) is 14.1. The van der Waals surface area contributed by atoms with Gasteiger partial charge in [-0.2, -0.15) is 0 Å². The summed E-state index contributed by atoms with van der Waals surface area (Å²) < 4.78 is 0. The zero-order valence-corrected chi connectivity index (χ0v) is 11.9. The Hall–Kier alpha value is -1.35. The molecule has 0 aromatic heterocycles. The molecule has 1 amide bonds. The average molecular weight is 260 g/mol. The summed E-state index contributed by atoms with van der Waals surface area (Å²) in [5.74, 6) is 0.793. The van der Waals surface area contributed by atoms with Crippen LogP contribution in [0.1, 0.15) is 32.3 Å². The van der Waals surface area contributed by atoms with Gasteiger partial charge in [0.1, 0.15) is 0 Å². The Morgan fingerprint density at radius 3 is 2.47 bits per heavy atom. The smallest absolute Gasteiger partial charge is 0.240 e. The quantitative estimate of drug-likeness (QED) is 0.852. The van der Waals surface area contributed by atoms with Crippen molar-refractivity contribution in [3.05, 3.63) is 35.9 Å². The minimum Gasteiger partial charge on any atom is -0.339 e. The molecule has 104 valence electrons. The lowest BCUT2D eigenvalue weighted by Crippen LogP contribution is -2.48. The van der Waals surface area contributed by atoms with E-state index in [0.717, 1.165) is 12.1 Å². The van der Waals surface area contributed by atoms with Gasteiger partial charge in [-0.05, 0) is 44.6 Å². The molecule has 1 saturated carbocycles. The number of nitrogens with two attached hydrogens (primary N) is 1. The van der Waals surface area contributed by atoms with Crippen molar-refractivity contribution in [3.8, 4) is 0 Å². The van der Waals surface area contributed by atoms with Crippen LogP contribution in [0.15, 0.2) is 30.3 Å². The molecule has 1 atom stereocenters. The van der Waals surface area contributed by atoms with E-state index in [4.69, 9.17) is 5.73 Å². The van der Waals surface area contributed by atoms with Gasteiger partial charge in [0.05, 0.1) is 6.04 Å². The van der Waals surface area contributed by atoms with Gasteiger partial charge in [-0.3, -0.25) is 4.79 Å². The maximum atomic E-state index is 12.5. The second-order valence-corrected chi connectivity index (χ2v) is 5.82. The molecule has 1 aliphatic rings. The Labute approximate surface area is 115 Å². The number of nitrogens with zero attached hydrogens (tertiary/aromatic N) is 1. The minimum atomic E-state index is -0.427. The Bertz CT molecular complexity index is 412. The van der Waals surface area contributed by atoms with Gasteiger partial charge >= 0.3 is 0 Å². The highest BCUT2D eigenvalue weighted by Gasteiger charge is 2.30. The van der Waals surface area contributed by atoms with Gasteiger partial charge in [-0.25, -0.2) is 0 Å². The summed E-state index contributed by atoms with van der Waals surface area (Å²) in [5, 5.41) is 0. The molecular formula is C16H24N2O. The van der Waals surface area contributed by atoms with Gasteiger partial charge < -0.3 is 10.6 Å². The van der Waals surface area contributed by atoms with Gasteiger partial charge in [0, 0.05) is 12.6 Å². The second-order valence-electron chi connectivity index (χ2n) is 5.82. The van der Waals surface area contributed by atoms with Gasteiger partial charge in [0.25, 0.3) is 0 Å². The molecule has 3 nitrogen and oxygen atoms in total. The van der Waals surface area contributed by atoms with Crippen molar-refractivity contribution in [1.82, 2.24) is 4.90 Å². The fourth-order valence-electron chi connectivity index (χ4n) is 2.30. The highest BCUT2D eigenvalue weighted by Crippen LogP contribution is 2.30. The molecule has 2 rings (SSSR count). The van der Waals surface area contributed by atoms with Crippen molar-refractivity contribution >= 4 is 5.91 Å². The molecule has 0 aliphatic heterocycles. The van der Waals surface area contributed by atoms with E-state index >= 15 is 0 Å². The number of rotatable bonds is 6. The van der Waals surface area contributed by atoms with Gasteiger partial charge in [0.15, 0.2) is 0 Å². The summed E-state index contributed by atoms with van der Waals surface area (Å²) in [5.41, 5.74) is 7.22. The average Bonchev–Trinajstić information content (AvgIpc) is 3.20. The van der Waals surface area contributed by atoms with E-state index < -0.39 is 6.04 Å². The molecule has 0 bridgehead atoms. The predicted octanol–water partition coefficient (Wildman–Crippen LogP) is 2.20. The topological polar surface area (TPSA) is 46.3 Å². The van der Waals surface area contributed by atoms with Gasteiger partial charge in [-0.15, -0.1) is 0 Å². The molecule has 1 aromatic rings. The van der Waals surface area contributed by atoms with Crippen LogP contribution in [0.25, 0.3) is 0 Å². The van der Waals surface area contributed by atoms with E-state index in [9.17, 15) is 4.79 Å². The Morgan fingerprint density at radius 2 is 1.95 bits per heavy atom. The summed E-state index contributed by atoms with van der Waals surface area (Å²) in [6.07, 6.45) is 3.13. The molecule has 0 heterocycles. The SMILES string of the molecule is CC(C)N(CC1CC1)C(=O)[C@H](N)Cc1ccccc1. The van der Waals surface area contributed by atoms with Crippen molar-refractivity contribution in [2.45, 2.75) is 45.2 Å². The summed E-state index contributed by atoms with van der Waals surface area (Å²) in [6, 6.07) is 9.79. The molecule has 1 fully saturated rings. The maximum Gasteiger partial charge on any atom is 0.240 e. The van der Waals surface area contributed by atoms with E-state index in [-0.39, 0.29) is 11.9 Å². The maximum absolute atomic E-state index is 12.5. The molecule has 3 heteroatoms. The second kappa shape index (κ2) is 6.20. The first-order valence-electron chi connectivity index (χ1n) is 7.18. The molecule has 0 spiro atoms. The summed E-state index contributed by atoms with van der Waals surface area (Å²) >= 11 is 0. The Kier molecular flexibility index (Phi) is 4.59. The fourth-order valence-corrected chi connectivity index (χ4v) is 2.30. The lowest BCUT2D eigenvalue weighted by molar-refractivity contribution is -0.134. The van der Waals surface area contributed by atoms with Crippen LogP contribution in [0, 0.1) is 5.92 Å². The lowest BCUT2D eigenvalue weighted by atomic mass is 10.0. The van der Waals surface area contributed by atoms with Gasteiger partial charge in [-0.1, -0.05) is 30.3 Å². The van der Waals surface area contributed by atoms with E-state index in [0.29, 0.717) is 12.3 Å². The summed E-state index contributed by atoms with van der Waals surface area (Å²) in [6.45, 7) is 5.00. The van der Waals surface area contributed by atoms with Gasteiger partial charge in [0.2, 0.25) is 5.91 Å². The third kappa shape index (κ3) is 4.06. The normalized spacial score (nSPS) is 16.4. The van der Waals surface area contributed by atoms with Crippen molar-refractivity contribution in [2.24, 2.45) is 11.7 Å². The molecular weight excluding hydrogens is 236 g/mol. The summed E-state index contributed by atoms with van der Waals surface area (Å²) in [7, 11) is 0. The van der Waals surface area contributed by atoms with Crippen LogP contribution in [0.2, 0.25) is 0 Å². The van der Waals surface area contributed by atoms with E-state index in [2.05, 4.69) is 13.8 Å². The first-order valence-corrected chi connectivity index (χ1v) is 7.18. The first-order chi connectivity index (χ1) is 9.08. The van der Waals surface area contributed by atoms with Crippen LogP contribution in [0.3, 0.4) is 0 Å². The summed E-state index contributed by atoms with van der Waals surface area (Å²) in [4.78, 5) is 14.4. The van der Waals surface area contributed by atoms with Crippen LogP contribution < -0.4 is 5.73 Å². The standard InChI is InChI=1S/C16H24N2O/c1-12(2)18(11-14-8-9-14)16(19)15(17)10-13-6-4-3-5-7-13/h3-7,12,14-15H,8-11,17H2,1-2H3/t15-/m1/s1.